The van der Waals surface area contributed by atoms with Crippen molar-refractivity contribution in [2.24, 2.45) is 11.8 Å². The van der Waals surface area contributed by atoms with Crippen LogP contribution in [0.15, 0.2) is 30.3 Å². The number of hydrogen-bond acceptors (Lipinski definition) is 2. The molecule has 2 fully saturated rings. The van der Waals surface area contributed by atoms with Crippen molar-refractivity contribution in [1.82, 2.24) is 5.32 Å². The third-order valence-corrected chi connectivity index (χ3v) is 3.66. The monoisotopic (exact) mass is 203 g/mol. The van der Waals surface area contributed by atoms with Crippen LogP contribution < -0.4 is 10.1 Å². The number of nitrogens with one attached hydrogen (secondary N) is 1. The topological polar surface area (TPSA) is 21.3 Å². The molecule has 2 unspecified atom stereocenters. The second-order valence-electron chi connectivity index (χ2n) is 4.70. The SMILES string of the molecule is c1ccc(OC2CC3CNC[C@@H]3C2)cc1. The molecule has 80 valence electrons. The van der Waals surface area contributed by atoms with Gasteiger partial charge in [0.1, 0.15) is 5.75 Å². The first kappa shape index (κ1) is 9.22. The van der Waals surface area contributed by atoms with E-state index in [4.69, 9.17) is 4.74 Å². The quantitative estimate of drug-likeness (QED) is 0.794. The summed E-state index contributed by atoms with van der Waals surface area (Å²) in [6.07, 6.45) is 2.91. The fourth-order valence-electron chi connectivity index (χ4n) is 2.90. The summed E-state index contributed by atoms with van der Waals surface area (Å²) >= 11 is 0. The molecule has 0 amide bonds. The Balaban J connectivity index is 1.62. The highest BCUT2D eigenvalue weighted by Gasteiger charge is 2.38. The van der Waals surface area contributed by atoms with Gasteiger partial charge in [0, 0.05) is 0 Å². The van der Waals surface area contributed by atoms with E-state index in [-0.39, 0.29) is 0 Å². The molecule has 1 aliphatic heterocycles. The molecule has 1 aliphatic carbocycles. The van der Waals surface area contributed by atoms with Crippen LogP contribution in [0.25, 0.3) is 0 Å². The molecule has 0 spiro atoms. The van der Waals surface area contributed by atoms with Gasteiger partial charge in [-0.3, -0.25) is 0 Å². The van der Waals surface area contributed by atoms with Crippen LogP contribution in [0, 0.1) is 11.8 Å². The third kappa shape index (κ3) is 1.86. The van der Waals surface area contributed by atoms with Crippen molar-refractivity contribution in [3.05, 3.63) is 30.3 Å². The molecule has 15 heavy (non-hydrogen) atoms. The molecular weight excluding hydrogens is 186 g/mol. The van der Waals surface area contributed by atoms with Gasteiger partial charge in [0.15, 0.2) is 0 Å². The number of ether oxygens (including phenoxy) is 1. The lowest BCUT2D eigenvalue weighted by molar-refractivity contribution is 0.199. The van der Waals surface area contributed by atoms with Crippen LogP contribution in [-0.2, 0) is 0 Å². The van der Waals surface area contributed by atoms with E-state index in [2.05, 4.69) is 5.32 Å². The van der Waals surface area contributed by atoms with Gasteiger partial charge >= 0.3 is 0 Å². The highest BCUT2D eigenvalue weighted by Crippen LogP contribution is 2.36. The predicted octanol–water partition coefficient (Wildman–Crippen LogP) is 2.06. The highest BCUT2D eigenvalue weighted by atomic mass is 16.5. The maximum atomic E-state index is 5.98. The van der Waals surface area contributed by atoms with E-state index in [1.807, 2.05) is 30.3 Å². The van der Waals surface area contributed by atoms with Gasteiger partial charge in [-0.05, 0) is 49.9 Å². The van der Waals surface area contributed by atoms with Crippen molar-refractivity contribution in [3.63, 3.8) is 0 Å². The molecule has 1 heterocycles. The van der Waals surface area contributed by atoms with Gasteiger partial charge in [-0.25, -0.2) is 0 Å². The summed E-state index contributed by atoms with van der Waals surface area (Å²) in [5.41, 5.74) is 0. The van der Waals surface area contributed by atoms with E-state index in [0.29, 0.717) is 6.10 Å². The van der Waals surface area contributed by atoms with E-state index in [1.165, 1.54) is 25.9 Å². The van der Waals surface area contributed by atoms with Crippen LogP contribution in [-0.4, -0.2) is 19.2 Å². The second kappa shape index (κ2) is 3.86. The standard InChI is InChI=1S/C13H17NO/c1-2-4-12(5-3-1)15-13-6-10-8-14-9-11(10)7-13/h1-5,10-11,13-14H,6-9H2/t10-,11?,13?/m0/s1. The van der Waals surface area contributed by atoms with Crippen LogP contribution in [0.1, 0.15) is 12.8 Å². The van der Waals surface area contributed by atoms with Gasteiger partial charge in [0.2, 0.25) is 0 Å². The predicted molar refractivity (Wildman–Crippen MR) is 59.9 cm³/mol. The van der Waals surface area contributed by atoms with Crippen molar-refractivity contribution < 1.29 is 4.74 Å². The third-order valence-electron chi connectivity index (χ3n) is 3.66. The summed E-state index contributed by atoms with van der Waals surface area (Å²) in [6, 6.07) is 10.2. The normalized spacial score (nSPS) is 34.0. The van der Waals surface area contributed by atoms with Crippen LogP contribution in [0.5, 0.6) is 5.75 Å². The number of para-hydroxylation sites is 1. The molecule has 3 rings (SSSR count). The Morgan fingerprint density at radius 3 is 2.33 bits per heavy atom. The van der Waals surface area contributed by atoms with Crippen LogP contribution in [0.2, 0.25) is 0 Å². The van der Waals surface area contributed by atoms with Gasteiger partial charge in [0.25, 0.3) is 0 Å². The van der Waals surface area contributed by atoms with Crippen LogP contribution >= 0.6 is 0 Å². The number of rotatable bonds is 2. The van der Waals surface area contributed by atoms with E-state index in [0.717, 1.165) is 17.6 Å². The molecule has 0 radical (unpaired) electrons. The van der Waals surface area contributed by atoms with Gasteiger partial charge in [-0.2, -0.15) is 0 Å². The second-order valence-corrected chi connectivity index (χ2v) is 4.70. The van der Waals surface area contributed by atoms with E-state index in [1.54, 1.807) is 0 Å². The number of fused-ring (bicyclic) bond motifs is 1. The summed E-state index contributed by atoms with van der Waals surface area (Å²) in [6.45, 7) is 2.39. The first-order chi connectivity index (χ1) is 7.42. The molecule has 1 saturated carbocycles. The summed E-state index contributed by atoms with van der Waals surface area (Å²) < 4.78 is 5.98. The van der Waals surface area contributed by atoms with Crippen LogP contribution in [0.3, 0.4) is 0 Å². The molecule has 1 aromatic rings. The molecular formula is C13H17NO. The van der Waals surface area contributed by atoms with E-state index in [9.17, 15) is 0 Å². The number of benzene rings is 1. The van der Waals surface area contributed by atoms with Crippen molar-refractivity contribution in [3.8, 4) is 5.75 Å². The summed E-state index contributed by atoms with van der Waals surface area (Å²) in [4.78, 5) is 0. The van der Waals surface area contributed by atoms with Crippen molar-refractivity contribution in [1.29, 1.82) is 0 Å². The Morgan fingerprint density at radius 1 is 1.00 bits per heavy atom. The molecule has 2 aliphatic rings. The Labute approximate surface area is 90.6 Å². The summed E-state index contributed by atoms with van der Waals surface area (Å²) in [5.74, 6) is 2.74. The first-order valence-electron chi connectivity index (χ1n) is 5.84. The summed E-state index contributed by atoms with van der Waals surface area (Å²) in [5, 5.41) is 3.45. The maximum Gasteiger partial charge on any atom is 0.119 e. The van der Waals surface area contributed by atoms with Crippen LogP contribution in [0.4, 0.5) is 0 Å². The highest BCUT2D eigenvalue weighted by molar-refractivity contribution is 5.21. The fourth-order valence-corrected chi connectivity index (χ4v) is 2.90. The average Bonchev–Trinajstić information content (AvgIpc) is 2.79. The van der Waals surface area contributed by atoms with Gasteiger partial charge in [-0.1, -0.05) is 18.2 Å². The maximum absolute atomic E-state index is 5.98. The molecule has 1 N–H and O–H groups in total. The minimum Gasteiger partial charge on any atom is -0.490 e. The number of hydrogen-bond donors (Lipinski definition) is 1. The van der Waals surface area contributed by atoms with Gasteiger partial charge in [0.05, 0.1) is 6.10 Å². The lowest BCUT2D eigenvalue weighted by Gasteiger charge is -2.14. The van der Waals surface area contributed by atoms with Crippen molar-refractivity contribution in [2.75, 3.05) is 13.1 Å². The molecule has 0 bridgehead atoms. The minimum absolute atomic E-state index is 0.449. The fraction of sp³-hybridized carbons (Fsp3) is 0.538. The molecule has 3 atom stereocenters. The Morgan fingerprint density at radius 2 is 1.67 bits per heavy atom. The van der Waals surface area contributed by atoms with E-state index >= 15 is 0 Å². The smallest absolute Gasteiger partial charge is 0.119 e. The molecule has 1 aromatic carbocycles. The minimum atomic E-state index is 0.449. The average molecular weight is 203 g/mol. The van der Waals surface area contributed by atoms with Gasteiger partial charge in [-0.15, -0.1) is 0 Å². The Kier molecular flexibility index (Phi) is 2.37. The van der Waals surface area contributed by atoms with Crippen molar-refractivity contribution in [2.45, 2.75) is 18.9 Å². The largest absolute Gasteiger partial charge is 0.490 e. The zero-order valence-electron chi connectivity index (χ0n) is 8.86. The Bertz CT molecular complexity index is 313. The Hall–Kier alpha value is -1.02. The van der Waals surface area contributed by atoms with Crippen molar-refractivity contribution >= 4 is 0 Å². The first-order valence-corrected chi connectivity index (χ1v) is 5.84. The zero-order chi connectivity index (χ0) is 10.1. The summed E-state index contributed by atoms with van der Waals surface area (Å²) in [7, 11) is 0. The molecule has 2 nitrogen and oxygen atoms in total. The molecule has 1 saturated heterocycles. The van der Waals surface area contributed by atoms with Gasteiger partial charge < -0.3 is 10.1 Å². The molecule has 2 heteroatoms. The van der Waals surface area contributed by atoms with E-state index < -0.39 is 0 Å². The lowest BCUT2D eigenvalue weighted by atomic mass is 10.0. The molecule has 0 aromatic heterocycles. The zero-order valence-corrected chi connectivity index (χ0v) is 8.86. The lowest BCUT2D eigenvalue weighted by Crippen LogP contribution is -2.18.